The lowest BCUT2D eigenvalue weighted by molar-refractivity contribution is 0.0339. The van der Waals surface area contributed by atoms with E-state index in [1.54, 1.807) is 0 Å². The average Bonchev–Trinajstić information content (AvgIpc) is 2.83. The van der Waals surface area contributed by atoms with Gasteiger partial charge in [0.1, 0.15) is 5.67 Å². The van der Waals surface area contributed by atoms with Crippen molar-refractivity contribution in [3.05, 3.63) is 34.9 Å². The van der Waals surface area contributed by atoms with Crippen molar-refractivity contribution in [1.82, 2.24) is 9.47 Å². The number of carbonyl (C=O) groups is 1. The normalized spacial score (nSPS) is 22.7. The number of benzene rings is 1. The van der Waals surface area contributed by atoms with Gasteiger partial charge in [-0.15, -0.1) is 0 Å². The molecule has 6 heteroatoms. The second-order valence-corrected chi connectivity index (χ2v) is 6.43. The molecule has 0 radical (unpaired) electrons. The number of rotatable bonds is 2. The predicted octanol–water partition coefficient (Wildman–Crippen LogP) is 3.89. The number of amides is 1. The van der Waals surface area contributed by atoms with Crippen molar-refractivity contribution in [2.45, 2.75) is 25.1 Å². The first kappa shape index (κ1) is 14.4. The summed E-state index contributed by atoms with van der Waals surface area (Å²) in [6.45, 7) is 0.533. The summed E-state index contributed by atoms with van der Waals surface area (Å²) < 4.78 is 17.9. The fourth-order valence-electron chi connectivity index (χ4n) is 3.01. The zero-order valence-corrected chi connectivity index (χ0v) is 13.0. The van der Waals surface area contributed by atoms with Crippen LogP contribution in [0.1, 0.15) is 12.8 Å². The van der Waals surface area contributed by atoms with Gasteiger partial charge in [-0.05, 0) is 31.0 Å². The summed E-state index contributed by atoms with van der Waals surface area (Å²) in [5.74, 6) is 0. The zero-order valence-electron chi connectivity index (χ0n) is 11.4. The van der Waals surface area contributed by atoms with Crippen molar-refractivity contribution < 1.29 is 14.3 Å². The van der Waals surface area contributed by atoms with E-state index in [-0.39, 0.29) is 13.1 Å². The lowest BCUT2D eigenvalue weighted by Crippen LogP contribution is -2.49. The van der Waals surface area contributed by atoms with Gasteiger partial charge in [-0.2, -0.15) is 0 Å². The summed E-state index contributed by atoms with van der Waals surface area (Å²) in [5.41, 5.74) is -0.556. The van der Waals surface area contributed by atoms with E-state index >= 15 is 4.39 Å². The first-order valence-corrected chi connectivity index (χ1v) is 7.68. The van der Waals surface area contributed by atoms with Gasteiger partial charge in [0.05, 0.1) is 13.1 Å². The molecule has 1 unspecified atom stereocenters. The number of aromatic nitrogens is 1. The lowest BCUT2D eigenvalue weighted by Gasteiger charge is -2.36. The SMILES string of the molecule is O=C(O)N1CCCC(F)(Cn2ccc3c(Br)cccc32)C1. The molecule has 1 atom stereocenters. The fourth-order valence-corrected chi connectivity index (χ4v) is 3.50. The van der Waals surface area contributed by atoms with Gasteiger partial charge in [-0.25, -0.2) is 9.18 Å². The van der Waals surface area contributed by atoms with Gasteiger partial charge in [0.25, 0.3) is 0 Å². The highest BCUT2D eigenvalue weighted by Gasteiger charge is 2.37. The standard InChI is InChI=1S/C15H16BrFN2O2/c16-12-3-1-4-13-11(12)5-8-18(13)9-15(17)6-2-7-19(10-15)14(20)21/h1,3-5,8H,2,6-7,9-10H2,(H,20,21). The molecule has 21 heavy (non-hydrogen) atoms. The summed E-state index contributed by atoms with van der Waals surface area (Å²) in [7, 11) is 0. The Bertz CT molecular complexity index is 687. The second kappa shape index (κ2) is 5.33. The molecule has 2 aromatic rings. The highest BCUT2D eigenvalue weighted by molar-refractivity contribution is 9.10. The Balaban J connectivity index is 1.87. The van der Waals surface area contributed by atoms with Gasteiger partial charge in [0.2, 0.25) is 0 Å². The number of piperidine rings is 1. The third-order valence-corrected chi connectivity index (χ3v) is 4.70. The molecule has 1 aliphatic rings. The highest BCUT2D eigenvalue weighted by atomic mass is 79.9. The fraction of sp³-hybridized carbons (Fsp3) is 0.400. The van der Waals surface area contributed by atoms with Crippen LogP contribution in [0.4, 0.5) is 9.18 Å². The molecule has 1 saturated heterocycles. The molecule has 1 aromatic heterocycles. The van der Waals surface area contributed by atoms with Gasteiger partial charge in [-0.3, -0.25) is 0 Å². The summed E-state index contributed by atoms with van der Waals surface area (Å²) in [6, 6.07) is 7.75. The summed E-state index contributed by atoms with van der Waals surface area (Å²) in [4.78, 5) is 12.2. The number of alkyl halides is 1. The Hall–Kier alpha value is -1.56. The number of hydrogen-bond donors (Lipinski definition) is 1. The third-order valence-electron chi connectivity index (χ3n) is 4.01. The summed E-state index contributed by atoms with van der Waals surface area (Å²) in [5, 5.41) is 10.1. The van der Waals surface area contributed by atoms with E-state index in [1.807, 2.05) is 35.0 Å². The van der Waals surface area contributed by atoms with Crippen LogP contribution in [0.25, 0.3) is 10.9 Å². The van der Waals surface area contributed by atoms with Crippen LogP contribution in [0.5, 0.6) is 0 Å². The van der Waals surface area contributed by atoms with Gasteiger partial charge in [-0.1, -0.05) is 22.0 Å². The maximum Gasteiger partial charge on any atom is 0.407 e. The van der Waals surface area contributed by atoms with Crippen molar-refractivity contribution in [1.29, 1.82) is 0 Å². The zero-order chi connectivity index (χ0) is 15.0. The number of halogens is 2. The number of carboxylic acid groups (broad SMARTS) is 1. The molecule has 0 bridgehead atoms. The van der Waals surface area contributed by atoms with Crippen LogP contribution in [-0.4, -0.2) is 39.4 Å². The molecule has 1 aliphatic heterocycles. The Kier molecular flexibility index (Phi) is 3.65. The molecule has 1 aromatic carbocycles. The molecule has 112 valence electrons. The Labute approximate surface area is 130 Å². The van der Waals surface area contributed by atoms with Crippen LogP contribution < -0.4 is 0 Å². The first-order chi connectivity index (χ1) is 9.98. The molecule has 0 saturated carbocycles. The third kappa shape index (κ3) is 2.77. The molecule has 1 amide bonds. The van der Waals surface area contributed by atoms with Crippen LogP contribution >= 0.6 is 15.9 Å². The monoisotopic (exact) mass is 354 g/mol. The summed E-state index contributed by atoms with van der Waals surface area (Å²) >= 11 is 3.48. The van der Waals surface area contributed by atoms with Crippen LogP contribution in [0.3, 0.4) is 0 Å². The first-order valence-electron chi connectivity index (χ1n) is 6.89. The minimum atomic E-state index is -1.51. The van der Waals surface area contributed by atoms with E-state index in [1.165, 1.54) is 4.90 Å². The quantitative estimate of drug-likeness (QED) is 0.889. The van der Waals surface area contributed by atoms with E-state index in [0.29, 0.717) is 19.4 Å². The molecule has 1 fully saturated rings. The van der Waals surface area contributed by atoms with Crippen molar-refractivity contribution in [3.63, 3.8) is 0 Å². The van der Waals surface area contributed by atoms with Gasteiger partial charge in [0.15, 0.2) is 0 Å². The van der Waals surface area contributed by atoms with Gasteiger partial charge in [0, 0.05) is 28.1 Å². The molecule has 2 heterocycles. The minimum Gasteiger partial charge on any atom is -0.465 e. The average molecular weight is 355 g/mol. The second-order valence-electron chi connectivity index (χ2n) is 5.57. The molecule has 3 rings (SSSR count). The van der Waals surface area contributed by atoms with E-state index in [4.69, 9.17) is 5.11 Å². The summed E-state index contributed by atoms with van der Waals surface area (Å²) in [6.07, 6.45) is 1.77. The van der Waals surface area contributed by atoms with Crippen LogP contribution in [0.2, 0.25) is 0 Å². The van der Waals surface area contributed by atoms with Crippen LogP contribution in [0, 0.1) is 0 Å². The van der Waals surface area contributed by atoms with Crippen molar-refractivity contribution in [2.24, 2.45) is 0 Å². The molecular formula is C15H16BrFN2O2. The van der Waals surface area contributed by atoms with Crippen LogP contribution in [0.15, 0.2) is 34.9 Å². The van der Waals surface area contributed by atoms with Crippen molar-refractivity contribution >= 4 is 32.9 Å². The van der Waals surface area contributed by atoms with Gasteiger partial charge < -0.3 is 14.6 Å². The molecule has 4 nitrogen and oxygen atoms in total. The Morgan fingerprint density at radius 2 is 2.24 bits per heavy atom. The van der Waals surface area contributed by atoms with Crippen molar-refractivity contribution in [2.75, 3.05) is 13.1 Å². The lowest BCUT2D eigenvalue weighted by atomic mass is 9.94. The number of hydrogen-bond acceptors (Lipinski definition) is 1. The maximum atomic E-state index is 15.0. The number of likely N-dealkylation sites (tertiary alicyclic amines) is 1. The number of nitrogens with zero attached hydrogens (tertiary/aromatic N) is 2. The van der Waals surface area contributed by atoms with Crippen molar-refractivity contribution in [3.8, 4) is 0 Å². The van der Waals surface area contributed by atoms with Gasteiger partial charge >= 0.3 is 6.09 Å². The molecule has 0 spiro atoms. The van der Waals surface area contributed by atoms with E-state index < -0.39 is 11.8 Å². The largest absolute Gasteiger partial charge is 0.465 e. The Morgan fingerprint density at radius 1 is 1.43 bits per heavy atom. The molecule has 0 aliphatic carbocycles. The van der Waals surface area contributed by atoms with Crippen LogP contribution in [-0.2, 0) is 6.54 Å². The van der Waals surface area contributed by atoms with E-state index in [2.05, 4.69) is 15.9 Å². The smallest absolute Gasteiger partial charge is 0.407 e. The topological polar surface area (TPSA) is 45.5 Å². The van der Waals surface area contributed by atoms with E-state index in [0.717, 1.165) is 15.4 Å². The number of fused-ring (bicyclic) bond motifs is 1. The molecule has 1 N–H and O–H groups in total. The molecular weight excluding hydrogens is 339 g/mol. The highest BCUT2D eigenvalue weighted by Crippen LogP contribution is 2.31. The van der Waals surface area contributed by atoms with E-state index in [9.17, 15) is 4.79 Å². The maximum absolute atomic E-state index is 15.0. The predicted molar refractivity (Wildman–Crippen MR) is 82.3 cm³/mol. The minimum absolute atomic E-state index is 0.0595. The Morgan fingerprint density at radius 3 is 3.00 bits per heavy atom.